The van der Waals surface area contributed by atoms with E-state index in [0.29, 0.717) is 42.9 Å². The van der Waals surface area contributed by atoms with E-state index in [9.17, 15) is 4.79 Å². The van der Waals surface area contributed by atoms with Gasteiger partial charge in [0, 0.05) is 27.2 Å². The number of carbonyl (C=O) groups excluding carboxylic acids is 1. The second-order valence-electron chi connectivity index (χ2n) is 10.5. The highest BCUT2D eigenvalue weighted by atomic mass is 16.6. The van der Waals surface area contributed by atoms with E-state index in [4.69, 9.17) is 24.7 Å². The highest BCUT2D eigenvalue weighted by Crippen LogP contribution is 2.28. The molecule has 2 N–H and O–H groups in total. The maximum absolute atomic E-state index is 12.1. The number of nitrogens with zero attached hydrogens (tertiary/aromatic N) is 6. The normalized spacial score (nSPS) is 15.2. The molecule has 0 saturated carbocycles. The van der Waals surface area contributed by atoms with Gasteiger partial charge in [-0.05, 0) is 72.0 Å². The van der Waals surface area contributed by atoms with Gasteiger partial charge in [-0.25, -0.2) is 4.79 Å². The smallest absolute Gasteiger partial charge is 0.410 e. The van der Waals surface area contributed by atoms with E-state index in [0.717, 1.165) is 51.9 Å². The zero-order chi connectivity index (χ0) is 27.0. The summed E-state index contributed by atoms with van der Waals surface area (Å²) in [6, 6.07) is 0.674. The topological polar surface area (TPSA) is 130 Å². The Balaban J connectivity index is 1.48. The standard InChI is InChI=1S/C25H43N7O5/c1-25(2,3)37-24(33)30(4)11-7-12-31-13-8-18(9-14-31)10-15-32-21-19(27-23(32)35-6)20(26)28-22(29-21)36-17-16-34-5/h18H,7-17H2,1-6H3,(H2,26,28,29). The van der Waals surface area contributed by atoms with Crippen molar-refractivity contribution in [2.24, 2.45) is 5.92 Å². The van der Waals surface area contributed by atoms with Crippen LogP contribution < -0.4 is 15.2 Å². The lowest BCUT2D eigenvalue weighted by molar-refractivity contribution is 0.0291. The molecular weight excluding hydrogens is 478 g/mol. The van der Waals surface area contributed by atoms with Crippen LogP contribution >= 0.6 is 0 Å². The number of methoxy groups -OCH3 is 2. The molecule has 1 fully saturated rings. The van der Waals surface area contributed by atoms with Crippen LogP contribution in [0.1, 0.15) is 46.5 Å². The predicted molar refractivity (Wildman–Crippen MR) is 141 cm³/mol. The molecule has 3 heterocycles. The number of fused-ring (bicyclic) bond motifs is 1. The third-order valence-corrected chi connectivity index (χ3v) is 6.41. The first-order valence-corrected chi connectivity index (χ1v) is 13.0. The molecule has 12 nitrogen and oxygen atoms in total. The van der Waals surface area contributed by atoms with E-state index in [2.05, 4.69) is 19.9 Å². The van der Waals surface area contributed by atoms with Crippen LogP contribution in [-0.4, -0.2) is 102 Å². The third-order valence-electron chi connectivity index (χ3n) is 6.41. The second kappa shape index (κ2) is 13.1. The Labute approximate surface area is 219 Å². The average molecular weight is 522 g/mol. The van der Waals surface area contributed by atoms with Crippen molar-refractivity contribution in [2.45, 2.75) is 58.6 Å². The number of amides is 1. The number of hydrogen-bond donors (Lipinski definition) is 1. The van der Waals surface area contributed by atoms with Crippen LogP contribution in [0.3, 0.4) is 0 Å². The molecule has 2 aromatic rings. The van der Waals surface area contributed by atoms with Crippen LogP contribution in [0.2, 0.25) is 0 Å². The molecule has 1 aliphatic rings. The maximum Gasteiger partial charge on any atom is 0.410 e. The van der Waals surface area contributed by atoms with Gasteiger partial charge in [0.1, 0.15) is 12.2 Å². The number of aryl methyl sites for hydroxylation is 1. The quantitative estimate of drug-likeness (QED) is 0.416. The van der Waals surface area contributed by atoms with Gasteiger partial charge in [0.15, 0.2) is 17.0 Å². The lowest BCUT2D eigenvalue weighted by Crippen LogP contribution is -2.38. The number of piperidine rings is 1. The fourth-order valence-electron chi connectivity index (χ4n) is 4.39. The molecule has 37 heavy (non-hydrogen) atoms. The minimum atomic E-state index is -0.472. The largest absolute Gasteiger partial charge is 0.468 e. The van der Waals surface area contributed by atoms with Gasteiger partial charge in [-0.2, -0.15) is 15.0 Å². The van der Waals surface area contributed by atoms with Gasteiger partial charge in [-0.1, -0.05) is 0 Å². The fraction of sp³-hybridized carbons (Fsp3) is 0.760. The molecule has 0 spiro atoms. The van der Waals surface area contributed by atoms with Crippen molar-refractivity contribution in [3.05, 3.63) is 0 Å². The van der Waals surface area contributed by atoms with E-state index in [-0.39, 0.29) is 17.9 Å². The third kappa shape index (κ3) is 8.32. The van der Waals surface area contributed by atoms with Crippen LogP contribution in [0.25, 0.3) is 11.2 Å². The molecular formula is C25H43N7O5. The first kappa shape index (κ1) is 28.7. The Morgan fingerprint density at radius 2 is 1.84 bits per heavy atom. The summed E-state index contributed by atoms with van der Waals surface area (Å²) in [5, 5.41) is 0. The molecule has 1 saturated heterocycles. The Morgan fingerprint density at radius 3 is 2.49 bits per heavy atom. The van der Waals surface area contributed by atoms with Crippen molar-refractivity contribution in [2.75, 3.05) is 66.4 Å². The first-order chi connectivity index (χ1) is 17.6. The summed E-state index contributed by atoms with van der Waals surface area (Å²) in [4.78, 5) is 29.5. The van der Waals surface area contributed by atoms with Crippen molar-refractivity contribution in [1.82, 2.24) is 29.3 Å². The summed E-state index contributed by atoms with van der Waals surface area (Å²) < 4.78 is 23.5. The van der Waals surface area contributed by atoms with Crippen LogP contribution in [0.4, 0.5) is 10.6 Å². The first-order valence-electron chi connectivity index (χ1n) is 13.0. The molecule has 1 amide bonds. The zero-order valence-corrected chi connectivity index (χ0v) is 23.2. The molecule has 0 unspecified atom stereocenters. The van der Waals surface area contributed by atoms with Crippen molar-refractivity contribution >= 4 is 23.1 Å². The maximum atomic E-state index is 12.1. The van der Waals surface area contributed by atoms with Gasteiger partial charge < -0.3 is 34.5 Å². The second-order valence-corrected chi connectivity index (χ2v) is 10.5. The van der Waals surface area contributed by atoms with Crippen molar-refractivity contribution in [3.63, 3.8) is 0 Å². The van der Waals surface area contributed by atoms with E-state index < -0.39 is 5.60 Å². The number of nitrogens with two attached hydrogens (primary N) is 1. The number of likely N-dealkylation sites (tertiary alicyclic amines) is 1. The number of nitrogen functional groups attached to an aromatic ring is 1. The minimum Gasteiger partial charge on any atom is -0.468 e. The molecule has 0 aliphatic carbocycles. The minimum absolute atomic E-state index is 0.205. The predicted octanol–water partition coefficient (Wildman–Crippen LogP) is 2.80. The number of hydrogen-bond acceptors (Lipinski definition) is 10. The number of carbonyl (C=O) groups is 1. The highest BCUT2D eigenvalue weighted by molar-refractivity contribution is 5.83. The highest BCUT2D eigenvalue weighted by Gasteiger charge is 2.23. The fourth-order valence-corrected chi connectivity index (χ4v) is 4.39. The monoisotopic (exact) mass is 521 g/mol. The van der Waals surface area contributed by atoms with Crippen LogP contribution in [0.15, 0.2) is 0 Å². The Kier molecular flexibility index (Phi) is 10.2. The summed E-state index contributed by atoms with van der Waals surface area (Å²) in [5.74, 6) is 0.861. The number of anilines is 1. The molecule has 208 valence electrons. The van der Waals surface area contributed by atoms with E-state index >= 15 is 0 Å². The van der Waals surface area contributed by atoms with Gasteiger partial charge in [0.2, 0.25) is 0 Å². The number of aromatic nitrogens is 4. The van der Waals surface area contributed by atoms with Crippen LogP contribution in [0, 0.1) is 5.92 Å². The number of imidazole rings is 1. The van der Waals surface area contributed by atoms with Gasteiger partial charge in [0.25, 0.3) is 6.01 Å². The molecule has 0 atom stereocenters. The van der Waals surface area contributed by atoms with Crippen molar-refractivity contribution in [1.29, 1.82) is 0 Å². The van der Waals surface area contributed by atoms with Gasteiger partial charge >= 0.3 is 12.1 Å². The van der Waals surface area contributed by atoms with Crippen LogP contribution in [-0.2, 0) is 16.0 Å². The molecule has 3 rings (SSSR count). The molecule has 1 aliphatic heterocycles. The molecule has 0 radical (unpaired) electrons. The molecule has 0 aromatic carbocycles. The SMILES string of the molecule is COCCOc1nc(N)c2nc(OC)n(CCC3CCN(CCCN(C)C(=O)OC(C)(C)C)CC3)c2n1. The molecule has 12 heteroatoms. The summed E-state index contributed by atoms with van der Waals surface area (Å²) in [6.07, 6.45) is 3.89. The summed E-state index contributed by atoms with van der Waals surface area (Å²) in [5.41, 5.74) is 6.78. The van der Waals surface area contributed by atoms with Crippen molar-refractivity contribution < 1.29 is 23.7 Å². The zero-order valence-electron chi connectivity index (χ0n) is 23.2. The van der Waals surface area contributed by atoms with Gasteiger partial charge in [0.05, 0.1) is 13.7 Å². The van der Waals surface area contributed by atoms with Gasteiger partial charge in [-0.15, -0.1) is 0 Å². The van der Waals surface area contributed by atoms with E-state index in [1.807, 2.05) is 25.3 Å². The van der Waals surface area contributed by atoms with Gasteiger partial charge in [-0.3, -0.25) is 4.57 Å². The average Bonchev–Trinajstić information content (AvgIpc) is 3.20. The Morgan fingerprint density at radius 1 is 1.11 bits per heavy atom. The summed E-state index contributed by atoms with van der Waals surface area (Å²) >= 11 is 0. The molecule has 2 aromatic heterocycles. The lowest BCUT2D eigenvalue weighted by atomic mass is 9.93. The van der Waals surface area contributed by atoms with E-state index in [1.165, 1.54) is 0 Å². The van der Waals surface area contributed by atoms with Crippen molar-refractivity contribution in [3.8, 4) is 12.0 Å². The number of rotatable bonds is 12. The van der Waals surface area contributed by atoms with E-state index in [1.54, 1.807) is 26.2 Å². The Hall–Kier alpha value is -2.86. The summed E-state index contributed by atoms with van der Waals surface area (Å²) in [7, 11) is 5.00. The lowest BCUT2D eigenvalue weighted by Gasteiger charge is -2.32. The number of ether oxygens (including phenoxy) is 4. The van der Waals surface area contributed by atoms with Crippen LogP contribution in [0.5, 0.6) is 12.0 Å². The Bertz CT molecular complexity index is 1020. The summed E-state index contributed by atoms with van der Waals surface area (Å²) in [6.45, 7) is 10.9. The molecule has 0 bridgehead atoms.